The largest absolute Gasteiger partial charge is 0.335 e. The molecule has 11 nitrogen and oxygen atoms in total. The van der Waals surface area contributed by atoms with Gasteiger partial charge in [-0.05, 0) is 47.7 Å². The van der Waals surface area contributed by atoms with Gasteiger partial charge in [-0.25, -0.2) is 14.0 Å². The summed E-state index contributed by atoms with van der Waals surface area (Å²) in [5.74, 6) is 1.03. The number of nitrogens with one attached hydrogen (secondary N) is 1. The lowest BCUT2D eigenvalue weighted by molar-refractivity contribution is 0.466. The van der Waals surface area contributed by atoms with E-state index >= 15 is 0 Å². The molecule has 0 aliphatic carbocycles. The molecule has 184 valence electrons. The van der Waals surface area contributed by atoms with Gasteiger partial charge in [-0.2, -0.15) is 15.3 Å². The second-order valence-corrected chi connectivity index (χ2v) is 8.68. The zero-order valence-electron chi connectivity index (χ0n) is 20.5. The molecule has 0 spiro atoms. The van der Waals surface area contributed by atoms with Gasteiger partial charge < -0.3 is 0 Å². The Labute approximate surface area is 207 Å². The second kappa shape index (κ2) is 10.1. The van der Waals surface area contributed by atoms with Gasteiger partial charge in [-0.3, -0.25) is 9.55 Å². The molecule has 1 aromatic carbocycles. The van der Waals surface area contributed by atoms with Crippen molar-refractivity contribution in [2.75, 3.05) is 0 Å². The maximum atomic E-state index is 13.7. The Morgan fingerprint density at radius 3 is 2.67 bits per heavy atom. The van der Waals surface area contributed by atoms with Crippen molar-refractivity contribution < 1.29 is 0 Å². The van der Waals surface area contributed by atoms with Gasteiger partial charge >= 0.3 is 5.69 Å². The third-order valence-corrected chi connectivity index (χ3v) is 6.38. The van der Waals surface area contributed by atoms with Crippen LogP contribution in [0.25, 0.3) is 28.5 Å². The number of hydrogen-bond acceptors (Lipinski definition) is 7. The van der Waals surface area contributed by atoms with Gasteiger partial charge in [0.15, 0.2) is 0 Å². The van der Waals surface area contributed by atoms with Crippen molar-refractivity contribution in [3.63, 3.8) is 0 Å². The molecule has 36 heavy (non-hydrogen) atoms. The number of hydrogen-bond donors (Lipinski definition) is 1. The van der Waals surface area contributed by atoms with Crippen molar-refractivity contribution in [3.05, 3.63) is 77.0 Å². The first kappa shape index (κ1) is 23.3. The Kier molecular flexibility index (Phi) is 6.52. The molecule has 0 amide bonds. The van der Waals surface area contributed by atoms with E-state index in [0.717, 1.165) is 47.2 Å². The molecule has 0 saturated heterocycles. The summed E-state index contributed by atoms with van der Waals surface area (Å²) in [5.41, 5.74) is 4.43. The van der Waals surface area contributed by atoms with Gasteiger partial charge in [0.1, 0.15) is 6.33 Å². The molecule has 5 rings (SSSR count). The zero-order valence-corrected chi connectivity index (χ0v) is 20.5. The lowest BCUT2D eigenvalue weighted by Gasteiger charge is -2.14. The average Bonchev–Trinajstić information content (AvgIpc) is 3.67. The van der Waals surface area contributed by atoms with E-state index in [1.54, 1.807) is 20.0 Å². The Morgan fingerprint density at radius 2 is 1.92 bits per heavy atom. The maximum absolute atomic E-state index is 13.7. The molecule has 0 aliphatic heterocycles. The quantitative estimate of drug-likeness (QED) is 0.340. The van der Waals surface area contributed by atoms with Crippen LogP contribution in [0.15, 0.2) is 60.0 Å². The predicted molar refractivity (Wildman–Crippen MR) is 135 cm³/mol. The summed E-state index contributed by atoms with van der Waals surface area (Å²) in [6, 6.07) is 9.95. The van der Waals surface area contributed by atoms with Crippen LogP contribution in [0.4, 0.5) is 0 Å². The summed E-state index contributed by atoms with van der Waals surface area (Å²) < 4.78 is 5.21. The van der Waals surface area contributed by atoms with Gasteiger partial charge in [0.2, 0.25) is 11.8 Å². The highest BCUT2D eigenvalue weighted by Crippen LogP contribution is 2.32. The lowest BCUT2D eigenvalue weighted by atomic mass is 9.96. The van der Waals surface area contributed by atoms with Crippen LogP contribution in [0.5, 0.6) is 0 Å². The molecule has 0 fully saturated rings. The Morgan fingerprint density at radius 1 is 1.08 bits per heavy atom. The molecule has 1 atom stereocenters. The minimum atomic E-state index is -0.155. The molecule has 4 heterocycles. The highest BCUT2D eigenvalue weighted by Gasteiger charge is 2.20. The van der Waals surface area contributed by atoms with Gasteiger partial charge in [0.25, 0.3) is 0 Å². The standard InChI is InChI=1S/C25H28N10O/c1-4-8-19-15-34(24-27-16-28-35(24)17(3)5-2)25(36)33(19)14-18-13-26-12-11-20(18)21-9-6-7-10-22(21)23-29-31-32-30-23/h6-7,9-13,15-17H,4-5,8,14H2,1-3H3,(H,29,30,31,32). The van der Waals surface area contributed by atoms with Crippen molar-refractivity contribution >= 4 is 0 Å². The summed E-state index contributed by atoms with van der Waals surface area (Å²) in [6.45, 7) is 6.62. The fourth-order valence-corrected chi connectivity index (χ4v) is 4.37. The molecule has 1 N–H and O–H groups in total. The summed E-state index contributed by atoms with van der Waals surface area (Å²) in [4.78, 5) is 22.5. The van der Waals surface area contributed by atoms with E-state index in [-0.39, 0.29) is 11.7 Å². The van der Waals surface area contributed by atoms with Crippen LogP contribution in [-0.2, 0) is 13.0 Å². The number of rotatable bonds is 9. The number of pyridine rings is 1. The highest BCUT2D eigenvalue weighted by molar-refractivity contribution is 5.81. The Bertz CT molecular complexity index is 1510. The van der Waals surface area contributed by atoms with Gasteiger partial charge in [0, 0.05) is 29.8 Å². The van der Waals surface area contributed by atoms with E-state index in [4.69, 9.17) is 0 Å². The molecule has 0 saturated carbocycles. The van der Waals surface area contributed by atoms with Crippen LogP contribution >= 0.6 is 0 Å². The van der Waals surface area contributed by atoms with E-state index in [0.29, 0.717) is 18.3 Å². The second-order valence-electron chi connectivity index (χ2n) is 8.68. The topological polar surface area (TPSA) is 125 Å². The van der Waals surface area contributed by atoms with Crippen LogP contribution in [0.3, 0.4) is 0 Å². The van der Waals surface area contributed by atoms with Gasteiger partial charge in [-0.15, -0.1) is 10.2 Å². The number of aromatic amines is 1. The van der Waals surface area contributed by atoms with Crippen LogP contribution in [0, 0.1) is 0 Å². The zero-order chi connectivity index (χ0) is 25.1. The van der Waals surface area contributed by atoms with Crippen LogP contribution in [0.2, 0.25) is 0 Å². The number of nitrogens with zero attached hydrogens (tertiary/aromatic N) is 9. The fourth-order valence-electron chi connectivity index (χ4n) is 4.37. The van der Waals surface area contributed by atoms with Crippen molar-refractivity contribution in [2.24, 2.45) is 0 Å². The first-order valence-electron chi connectivity index (χ1n) is 12.1. The smallest absolute Gasteiger partial charge is 0.291 e. The molecule has 0 radical (unpaired) electrons. The number of H-pyrrole nitrogens is 1. The molecular weight excluding hydrogens is 456 g/mol. The minimum absolute atomic E-state index is 0.124. The highest BCUT2D eigenvalue weighted by atomic mass is 16.2. The predicted octanol–water partition coefficient (Wildman–Crippen LogP) is 3.44. The summed E-state index contributed by atoms with van der Waals surface area (Å²) >= 11 is 0. The average molecular weight is 485 g/mol. The van der Waals surface area contributed by atoms with E-state index in [1.807, 2.05) is 42.7 Å². The van der Waals surface area contributed by atoms with Crippen LogP contribution < -0.4 is 5.69 Å². The Balaban J connectivity index is 1.60. The monoisotopic (exact) mass is 484 g/mol. The lowest BCUT2D eigenvalue weighted by Crippen LogP contribution is -2.27. The van der Waals surface area contributed by atoms with Crippen molar-refractivity contribution in [1.82, 2.24) is 49.5 Å². The molecule has 11 heteroatoms. The molecular formula is C25H28N10O. The summed E-state index contributed by atoms with van der Waals surface area (Å²) in [7, 11) is 0. The van der Waals surface area contributed by atoms with Crippen molar-refractivity contribution in [2.45, 2.75) is 52.6 Å². The molecule has 4 aromatic heterocycles. The van der Waals surface area contributed by atoms with Gasteiger partial charge in [-0.1, -0.05) is 44.5 Å². The molecule has 0 bridgehead atoms. The number of imidazole rings is 1. The number of benzene rings is 1. The summed E-state index contributed by atoms with van der Waals surface area (Å²) in [5, 5.41) is 18.9. The third kappa shape index (κ3) is 4.23. The molecule has 1 unspecified atom stereocenters. The first-order chi connectivity index (χ1) is 17.6. The van der Waals surface area contributed by atoms with E-state index in [2.05, 4.69) is 56.5 Å². The Hall–Kier alpha value is -4.41. The first-order valence-corrected chi connectivity index (χ1v) is 12.1. The molecule has 0 aliphatic rings. The van der Waals surface area contributed by atoms with E-state index in [9.17, 15) is 4.79 Å². The van der Waals surface area contributed by atoms with E-state index < -0.39 is 0 Å². The number of aryl methyl sites for hydroxylation is 1. The number of tetrazole rings is 1. The fraction of sp³-hybridized carbons (Fsp3) is 0.320. The minimum Gasteiger partial charge on any atom is -0.291 e. The van der Waals surface area contributed by atoms with Crippen LogP contribution in [-0.4, -0.2) is 49.5 Å². The normalized spacial score (nSPS) is 12.2. The maximum Gasteiger partial charge on any atom is 0.335 e. The van der Waals surface area contributed by atoms with Crippen LogP contribution in [0.1, 0.15) is 50.9 Å². The molecule has 5 aromatic rings. The van der Waals surface area contributed by atoms with Crippen molar-refractivity contribution in [1.29, 1.82) is 0 Å². The number of aromatic nitrogens is 10. The van der Waals surface area contributed by atoms with Gasteiger partial charge in [0.05, 0.1) is 12.6 Å². The summed E-state index contributed by atoms with van der Waals surface area (Å²) in [6.07, 6.45) is 9.49. The van der Waals surface area contributed by atoms with Crippen molar-refractivity contribution in [3.8, 4) is 28.5 Å². The third-order valence-electron chi connectivity index (χ3n) is 6.38. The van der Waals surface area contributed by atoms with E-state index in [1.165, 1.54) is 6.33 Å². The SMILES string of the molecule is CCCc1cn(-c2ncnn2C(C)CC)c(=O)n1Cc1cnccc1-c1ccccc1-c1nn[nH]n1.